The molecule has 78 valence electrons. The highest BCUT2D eigenvalue weighted by Gasteiger charge is 2.00. The van der Waals surface area contributed by atoms with E-state index in [0.717, 1.165) is 12.2 Å². The van der Waals surface area contributed by atoms with Crippen LogP contribution in [0.3, 0.4) is 0 Å². The van der Waals surface area contributed by atoms with Crippen LogP contribution in [0, 0.1) is 0 Å². The molecular weight excluding hydrogens is 200 g/mol. The van der Waals surface area contributed by atoms with Crippen LogP contribution in [-0.4, -0.2) is 24.7 Å². The molecule has 4 heteroatoms. The van der Waals surface area contributed by atoms with Crippen molar-refractivity contribution in [2.75, 3.05) is 13.7 Å². The molecule has 0 aromatic carbocycles. The van der Waals surface area contributed by atoms with E-state index in [4.69, 9.17) is 16.3 Å². The van der Waals surface area contributed by atoms with Crippen LogP contribution in [0.1, 0.15) is 12.6 Å². The second kappa shape index (κ2) is 5.96. The quantitative estimate of drug-likeness (QED) is 0.813. The van der Waals surface area contributed by atoms with E-state index in [2.05, 4.69) is 17.2 Å². The number of hydrogen-bond acceptors (Lipinski definition) is 3. The van der Waals surface area contributed by atoms with Crippen molar-refractivity contribution in [3.63, 3.8) is 0 Å². The lowest BCUT2D eigenvalue weighted by atomic mass is 10.3. The lowest BCUT2D eigenvalue weighted by Crippen LogP contribution is -2.29. The van der Waals surface area contributed by atoms with Crippen molar-refractivity contribution in [3.8, 4) is 0 Å². The van der Waals surface area contributed by atoms with Gasteiger partial charge in [0.25, 0.3) is 0 Å². The van der Waals surface area contributed by atoms with Crippen LogP contribution in [0.2, 0.25) is 5.02 Å². The maximum Gasteiger partial charge on any atom is 0.0613 e. The molecular formula is C10H15ClN2O. The van der Waals surface area contributed by atoms with E-state index in [-0.39, 0.29) is 0 Å². The standard InChI is InChI=1S/C10H15ClN2O/c1-8(7-14-2)12-6-10-4-3-9(11)5-13-10/h3-5,8,12H,6-7H2,1-2H3. The molecule has 14 heavy (non-hydrogen) atoms. The fraction of sp³-hybridized carbons (Fsp3) is 0.500. The molecule has 1 N–H and O–H groups in total. The number of halogens is 1. The van der Waals surface area contributed by atoms with Gasteiger partial charge in [-0.1, -0.05) is 11.6 Å². The van der Waals surface area contributed by atoms with E-state index < -0.39 is 0 Å². The van der Waals surface area contributed by atoms with Gasteiger partial charge in [-0.25, -0.2) is 0 Å². The zero-order chi connectivity index (χ0) is 10.4. The van der Waals surface area contributed by atoms with Crippen LogP contribution in [-0.2, 0) is 11.3 Å². The SMILES string of the molecule is COCC(C)NCc1ccc(Cl)cn1. The fourth-order valence-electron chi connectivity index (χ4n) is 1.10. The number of nitrogens with one attached hydrogen (secondary N) is 1. The fourth-order valence-corrected chi connectivity index (χ4v) is 1.21. The Kier molecular flexibility index (Phi) is 4.87. The number of aromatic nitrogens is 1. The summed E-state index contributed by atoms with van der Waals surface area (Å²) in [6.07, 6.45) is 1.65. The molecule has 1 atom stereocenters. The van der Waals surface area contributed by atoms with Crippen LogP contribution in [0.25, 0.3) is 0 Å². The van der Waals surface area contributed by atoms with Crippen molar-refractivity contribution >= 4 is 11.6 Å². The average molecular weight is 215 g/mol. The Hall–Kier alpha value is -0.640. The molecule has 0 fully saturated rings. The normalized spacial score (nSPS) is 12.8. The van der Waals surface area contributed by atoms with Gasteiger partial charge >= 0.3 is 0 Å². The van der Waals surface area contributed by atoms with Gasteiger partial charge in [-0.2, -0.15) is 0 Å². The molecule has 0 aliphatic heterocycles. The van der Waals surface area contributed by atoms with Crippen molar-refractivity contribution in [2.24, 2.45) is 0 Å². The summed E-state index contributed by atoms with van der Waals surface area (Å²) in [6, 6.07) is 4.08. The predicted octanol–water partition coefficient (Wildman–Crippen LogP) is 1.86. The van der Waals surface area contributed by atoms with Crippen LogP contribution in [0.4, 0.5) is 0 Å². The molecule has 0 aliphatic rings. The summed E-state index contributed by atoms with van der Waals surface area (Å²) in [7, 11) is 1.69. The molecule has 0 aliphatic carbocycles. The minimum absolute atomic E-state index is 0.331. The lowest BCUT2D eigenvalue weighted by Gasteiger charge is -2.11. The molecule has 0 saturated carbocycles. The van der Waals surface area contributed by atoms with Gasteiger partial charge in [0.05, 0.1) is 17.3 Å². The lowest BCUT2D eigenvalue weighted by molar-refractivity contribution is 0.171. The Morgan fingerprint density at radius 1 is 1.57 bits per heavy atom. The van der Waals surface area contributed by atoms with Crippen molar-refractivity contribution in [1.29, 1.82) is 0 Å². The molecule has 0 bridgehead atoms. The predicted molar refractivity (Wildman–Crippen MR) is 57.4 cm³/mol. The Morgan fingerprint density at radius 3 is 2.93 bits per heavy atom. The monoisotopic (exact) mass is 214 g/mol. The molecule has 1 aromatic heterocycles. The van der Waals surface area contributed by atoms with Crippen molar-refractivity contribution in [3.05, 3.63) is 29.0 Å². The van der Waals surface area contributed by atoms with Gasteiger partial charge in [0.2, 0.25) is 0 Å². The highest BCUT2D eigenvalue weighted by atomic mass is 35.5. The summed E-state index contributed by atoms with van der Waals surface area (Å²) in [6.45, 7) is 3.51. The summed E-state index contributed by atoms with van der Waals surface area (Å²) >= 11 is 5.72. The van der Waals surface area contributed by atoms with E-state index in [1.54, 1.807) is 13.3 Å². The molecule has 1 heterocycles. The zero-order valence-electron chi connectivity index (χ0n) is 8.46. The minimum atomic E-state index is 0.331. The third kappa shape index (κ3) is 4.05. The molecule has 3 nitrogen and oxygen atoms in total. The molecule has 1 unspecified atom stereocenters. The average Bonchev–Trinajstić information content (AvgIpc) is 2.17. The van der Waals surface area contributed by atoms with Gasteiger partial charge in [-0.3, -0.25) is 4.98 Å². The summed E-state index contributed by atoms with van der Waals surface area (Å²) in [5.41, 5.74) is 0.984. The maximum absolute atomic E-state index is 5.72. The van der Waals surface area contributed by atoms with E-state index in [0.29, 0.717) is 17.7 Å². The first-order chi connectivity index (χ1) is 6.72. The minimum Gasteiger partial charge on any atom is -0.383 e. The number of pyridine rings is 1. The first-order valence-corrected chi connectivity index (χ1v) is 4.93. The van der Waals surface area contributed by atoms with E-state index in [9.17, 15) is 0 Å². The summed E-state index contributed by atoms with van der Waals surface area (Å²) in [4.78, 5) is 4.18. The second-order valence-electron chi connectivity index (χ2n) is 3.21. The van der Waals surface area contributed by atoms with E-state index in [1.165, 1.54) is 0 Å². The Balaban J connectivity index is 2.34. The smallest absolute Gasteiger partial charge is 0.0613 e. The van der Waals surface area contributed by atoms with Crippen LogP contribution >= 0.6 is 11.6 Å². The van der Waals surface area contributed by atoms with Gasteiger partial charge in [-0.05, 0) is 19.1 Å². The first-order valence-electron chi connectivity index (χ1n) is 4.55. The number of nitrogens with zero attached hydrogens (tertiary/aromatic N) is 1. The topological polar surface area (TPSA) is 34.1 Å². The molecule has 0 spiro atoms. The third-order valence-corrected chi connectivity index (χ3v) is 2.06. The number of hydrogen-bond donors (Lipinski definition) is 1. The summed E-state index contributed by atoms with van der Waals surface area (Å²) < 4.78 is 5.01. The van der Waals surface area contributed by atoms with E-state index >= 15 is 0 Å². The van der Waals surface area contributed by atoms with Crippen LogP contribution < -0.4 is 5.32 Å². The summed E-state index contributed by atoms with van der Waals surface area (Å²) in [5, 5.41) is 3.95. The largest absolute Gasteiger partial charge is 0.383 e. The van der Waals surface area contributed by atoms with Crippen LogP contribution in [0.15, 0.2) is 18.3 Å². The third-order valence-electron chi connectivity index (χ3n) is 1.84. The van der Waals surface area contributed by atoms with Gasteiger partial charge in [0, 0.05) is 25.9 Å². The highest BCUT2D eigenvalue weighted by Crippen LogP contribution is 2.05. The van der Waals surface area contributed by atoms with Crippen molar-refractivity contribution in [2.45, 2.75) is 19.5 Å². The Morgan fingerprint density at radius 2 is 2.36 bits per heavy atom. The number of methoxy groups -OCH3 is 1. The van der Waals surface area contributed by atoms with E-state index in [1.807, 2.05) is 12.1 Å². The van der Waals surface area contributed by atoms with Gasteiger partial charge in [-0.15, -0.1) is 0 Å². The van der Waals surface area contributed by atoms with Crippen molar-refractivity contribution < 1.29 is 4.74 Å². The van der Waals surface area contributed by atoms with Crippen LogP contribution in [0.5, 0.6) is 0 Å². The number of rotatable bonds is 5. The maximum atomic E-state index is 5.72. The summed E-state index contributed by atoms with van der Waals surface area (Å²) in [5.74, 6) is 0. The highest BCUT2D eigenvalue weighted by molar-refractivity contribution is 6.30. The van der Waals surface area contributed by atoms with Crippen molar-refractivity contribution in [1.82, 2.24) is 10.3 Å². The Bertz CT molecular complexity index is 263. The molecule has 0 radical (unpaired) electrons. The van der Waals surface area contributed by atoms with Gasteiger partial charge in [0.15, 0.2) is 0 Å². The Labute approximate surface area is 89.4 Å². The first kappa shape index (κ1) is 11.4. The zero-order valence-corrected chi connectivity index (χ0v) is 9.21. The number of ether oxygens (including phenoxy) is 1. The molecule has 0 amide bonds. The second-order valence-corrected chi connectivity index (χ2v) is 3.64. The molecule has 1 rings (SSSR count). The van der Waals surface area contributed by atoms with Gasteiger partial charge < -0.3 is 10.1 Å². The molecule has 1 aromatic rings. The van der Waals surface area contributed by atoms with Gasteiger partial charge in [0.1, 0.15) is 0 Å². The molecule has 0 saturated heterocycles.